The lowest BCUT2D eigenvalue weighted by Gasteiger charge is -2.28. The fourth-order valence-electron chi connectivity index (χ4n) is 10.5. The zero-order valence-corrected chi connectivity index (χ0v) is 35.1. The Morgan fingerprint density at radius 2 is 0.763 bits per heavy atom. The first-order valence-corrected chi connectivity index (χ1v) is 20.9. The molecular formula is C50H38B8O. The fraction of sp³-hybridized carbons (Fsp3) is 0. The maximum Gasteiger partial charge on any atom is 0.139 e. The van der Waals surface area contributed by atoms with Crippen molar-refractivity contribution in [1.29, 1.82) is 0 Å². The van der Waals surface area contributed by atoms with E-state index in [9.17, 15) is 0 Å². The molecule has 0 radical (unpaired) electrons. The van der Waals surface area contributed by atoms with Gasteiger partial charge in [0, 0.05) is 10.8 Å². The molecule has 11 aromatic rings. The third-order valence-corrected chi connectivity index (χ3v) is 14.3. The minimum atomic E-state index is 0.920. The molecule has 0 aliphatic heterocycles. The van der Waals surface area contributed by atoms with Crippen LogP contribution in [0.5, 0.6) is 0 Å². The molecule has 0 saturated heterocycles. The first kappa shape index (κ1) is 35.9. The molecule has 59 heavy (non-hydrogen) atoms. The smallest absolute Gasteiger partial charge is 0.139 e. The highest BCUT2D eigenvalue weighted by Crippen LogP contribution is 2.45. The van der Waals surface area contributed by atoms with Gasteiger partial charge in [-0.05, 0) is 112 Å². The van der Waals surface area contributed by atoms with E-state index in [1.54, 1.807) is 0 Å². The van der Waals surface area contributed by atoms with E-state index in [-0.39, 0.29) is 0 Å². The van der Waals surface area contributed by atoms with Crippen molar-refractivity contribution in [3.63, 3.8) is 0 Å². The van der Waals surface area contributed by atoms with Crippen molar-refractivity contribution in [3.8, 4) is 33.4 Å². The third kappa shape index (κ3) is 5.10. The number of benzene rings is 10. The molecule has 0 aliphatic carbocycles. The predicted molar refractivity (Wildman–Crippen MR) is 283 cm³/mol. The van der Waals surface area contributed by atoms with Crippen molar-refractivity contribution in [2.24, 2.45) is 0 Å². The Hall–Kier alpha value is -6.18. The van der Waals surface area contributed by atoms with Crippen molar-refractivity contribution < 1.29 is 4.42 Å². The minimum Gasteiger partial charge on any atom is -0.456 e. The van der Waals surface area contributed by atoms with E-state index in [1.165, 1.54) is 136 Å². The highest BCUT2D eigenvalue weighted by molar-refractivity contribution is 6.71. The van der Waals surface area contributed by atoms with Crippen molar-refractivity contribution >= 4 is 182 Å². The lowest BCUT2D eigenvalue weighted by atomic mass is 9.59. The standard InChI is InChI=1S/C50H38B8O/c51-43-39-36(27-16-19-34-33(22-27)37-29-10-4-3-8-24(29)15-20-35(37)59-34)40-42(46(54)50(58)48(56)44(40)52)38(41(39)45(53)49(57)47(43)55)32-18-17-28(30-11-5-6-12-31(30)32)26-14-13-23-7-1-2-9-25(23)21-26/h1-22H,51-58H2. The molecule has 10 aromatic carbocycles. The molecule has 0 spiro atoms. The highest BCUT2D eigenvalue weighted by atomic mass is 16.3. The predicted octanol–water partition coefficient (Wildman–Crippen LogP) is 0.420. The lowest BCUT2D eigenvalue weighted by Crippen LogP contribution is -2.50. The van der Waals surface area contributed by atoms with Crippen molar-refractivity contribution in [1.82, 2.24) is 0 Å². The van der Waals surface area contributed by atoms with Crippen LogP contribution in [0, 0.1) is 0 Å². The quantitative estimate of drug-likeness (QED) is 0.189. The van der Waals surface area contributed by atoms with Gasteiger partial charge in [-0.15, -0.1) is 21.9 Å². The molecule has 11 rings (SSSR count). The summed E-state index contributed by atoms with van der Waals surface area (Å²) < 4.78 is 6.56. The van der Waals surface area contributed by atoms with Crippen LogP contribution in [0.2, 0.25) is 0 Å². The van der Waals surface area contributed by atoms with Gasteiger partial charge in [0.2, 0.25) is 0 Å². The van der Waals surface area contributed by atoms with Gasteiger partial charge in [-0.1, -0.05) is 131 Å². The summed E-state index contributed by atoms with van der Waals surface area (Å²) in [6.07, 6.45) is 0. The van der Waals surface area contributed by atoms with Crippen LogP contribution >= 0.6 is 0 Å². The molecule has 1 heterocycles. The molecule has 0 saturated carbocycles. The first-order chi connectivity index (χ1) is 28.6. The van der Waals surface area contributed by atoms with Gasteiger partial charge < -0.3 is 4.42 Å². The second-order valence-corrected chi connectivity index (χ2v) is 17.0. The van der Waals surface area contributed by atoms with Crippen LogP contribution in [0.15, 0.2) is 138 Å². The second-order valence-electron chi connectivity index (χ2n) is 17.0. The summed E-state index contributed by atoms with van der Waals surface area (Å²) in [4.78, 5) is 0. The number of hydrogen-bond donors (Lipinski definition) is 0. The maximum atomic E-state index is 6.56. The molecule has 1 aromatic heterocycles. The van der Waals surface area contributed by atoms with E-state index in [1.807, 2.05) is 0 Å². The van der Waals surface area contributed by atoms with Crippen LogP contribution in [0.1, 0.15) is 0 Å². The minimum absolute atomic E-state index is 0.920. The summed E-state index contributed by atoms with van der Waals surface area (Å²) in [6.45, 7) is 0. The topological polar surface area (TPSA) is 13.1 Å². The molecule has 0 unspecified atom stereocenters. The van der Waals surface area contributed by atoms with Crippen LogP contribution in [0.25, 0.3) is 109 Å². The fourth-order valence-corrected chi connectivity index (χ4v) is 10.5. The average Bonchev–Trinajstić information content (AvgIpc) is 3.66. The van der Waals surface area contributed by atoms with Gasteiger partial charge in [-0.25, -0.2) is 0 Å². The summed E-state index contributed by atoms with van der Waals surface area (Å²) in [5.41, 5.74) is 20.3. The van der Waals surface area contributed by atoms with Crippen LogP contribution in [0.4, 0.5) is 0 Å². The Kier molecular flexibility index (Phi) is 8.02. The van der Waals surface area contributed by atoms with Crippen molar-refractivity contribution in [2.75, 3.05) is 0 Å². The summed E-state index contributed by atoms with van der Waals surface area (Å²) in [6, 6.07) is 49.3. The average molecular weight is 741 g/mol. The number of rotatable bonds is 3. The largest absolute Gasteiger partial charge is 0.456 e. The van der Waals surface area contributed by atoms with E-state index >= 15 is 0 Å². The Labute approximate surface area is 351 Å². The molecule has 9 heteroatoms. The van der Waals surface area contributed by atoms with Gasteiger partial charge >= 0.3 is 0 Å². The number of fused-ring (bicyclic) bond motifs is 9. The summed E-state index contributed by atoms with van der Waals surface area (Å²) >= 11 is 0. The van der Waals surface area contributed by atoms with Gasteiger partial charge in [0.25, 0.3) is 0 Å². The third-order valence-electron chi connectivity index (χ3n) is 14.3. The van der Waals surface area contributed by atoms with E-state index in [0.717, 1.165) is 16.6 Å². The number of hydrogen-bond acceptors (Lipinski definition) is 1. The van der Waals surface area contributed by atoms with Crippen LogP contribution in [0.3, 0.4) is 0 Å². The van der Waals surface area contributed by atoms with E-state index in [2.05, 4.69) is 196 Å². The molecule has 1 nitrogen and oxygen atoms in total. The van der Waals surface area contributed by atoms with Gasteiger partial charge in [0.1, 0.15) is 73.9 Å². The SMILES string of the molecule is Bc1c(B)c(B)c2c(-c3ccc(-c4ccc5ccccc5c4)c4ccccc34)c3c(B)c(B)c(B)c(B)c3c(-c3ccc4oc5ccc6ccccc6c5c4c3)c2c1B. The summed E-state index contributed by atoms with van der Waals surface area (Å²) in [5.74, 6) is 0. The Morgan fingerprint density at radius 1 is 0.288 bits per heavy atom. The molecule has 0 aliphatic rings. The summed E-state index contributed by atoms with van der Waals surface area (Å²) in [5, 5.41) is 15.3. The molecule has 0 fully saturated rings. The number of furan rings is 1. The lowest BCUT2D eigenvalue weighted by molar-refractivity contribution is 0.669. The normalized spacial score (nSPS) is 11.9. The Bertz CT molecular complexity index is 3580. The molecule has 0 N–H and O–H groups in total. The zero-order chi connectivity index (χ0) is 40.4. The maximum absolute atomic E-state index is 6.56. The van der Waals surface area contributed by atoms with Gasteiger partial charge in [0.15, 0.2) is 0 Å². The first-order valence-electron chi connectivity index (χ1n) is 20.9. The van der Waals surface area contributed by atoms with Crippen molar-refractivity contribution in [2.45, 2.75) is 0 Å². The van der Waals surface area contributed by atoms with Crippen LogP contribution in [-0.4, -0.2) is 62.8 Å². The van der Waals surface area contributed by atoms with E-state index in [0.29, 0.717) is 0 Å². The second kappa shape index (κ2) is 13.2. The molecule has 0 amide bonds. The van der Waals surface area contributed by atoms with Crippen LogP contribution < -0.4 is 43.7 Å². The van der Waals surface area contributed by atoms with Gasteiger partial charge in [-0.3, -0.25) is 0 Å². The summed E-state index contributed by atoms with van der Waals surface area (Å²) in [7, 11) is 18.7. The Morgan fingerprint density at radius 3 is 1.41 bits per heavy atom. The van der Waals surface area contributed by atoms with Crippen molar-refractivity contribution in [3.05, 3.63) is 133 Å². The molecular weight excluding hydrogens is 703 g/mol. The van der Waals surface area contributed by atoms with E-state index < -0.39 is 0 Å². The zero-order valence-electron chi connectivity index (χ0n) is 35.1. The van der Waals surface area contributed by atoms with E-state index in [4.69, 9.17) is 4.42 Å². The molecule has 0 bridgehead atoms. The van der Waals surface area contributed by atoms with Gasteiger partial charge in [-0.2, -0.15) is 0 Å². The monoisotopic (exact) mass is 742 g/mol. The molecule has 0 atom stereocenters. The van der Waals surface area contributed by atoms with Gasteiger partial charge in [0.05, 0.1) is 0 Å². The molecule has 268 valence electrons. The Balaban J connectivity index is 1.31. The highest BCUT2D eigenvalue weighted by Gasteiger charge is 2.26. The van der Waals surface area contributed by atoms with Crippen LogP contribution in [-0.2, 0) is 0 Å².